The Morgan fingerprint density at radius 1 is 1.56 bits per heavy atom. The van der Waals surface area contributed by atoms with E-state index in [0.717, 1.165) is 6.92 Å². The van der Waals surface area contributed by atoms with E-state index in [2.05, 4.69) is 0 Å². The Morgan fingerprint density at radius 2 is 1.56 bits per heavy atom. The van der Waals surface area contributed by atoms with Gasteiger partial charge in [-0.05, 0) is 13.8 Å². The molecule has 0 aliphatic rings. The molecule has 0 aromatic carbocycles. The summed E-state index contributed by atoms with van der Waals surface area (Å²) in [5, 5.41) is 14.7. The molecule has 0 aromatic heterocycles. The number of rotatable bonds is 0. The predicted octanol–water partition coefficient (Wildman–Crippen LogP) is 1.04. The molecular weight excluding hydrogens is 144 g/mol. The zero-order chi connectivity index (χ0) is 8.08. The van der Waals surface area contributed by atoms with Crippen LogP contribution in [-0.4, -0.2) is 21.2 Å². The van der Waals surface area contributed by atoms with Gasteiger partial charge in [-0.1, -0.05) is 11.6 Å². The van der Waals surface area contributed by atoms with E-state index in [4.69, 9.17) is 26.6 Å². The molecule has 0 radical (unpaired) electrons. The highest BCUT2D eigenvalue weighted by molar-refractivity contribution is 6.22. The highest BCUT2D eigenvalue weighted by Gasteiger charge is 2.01. The molecule has 56 valence electrons. The van der Waals surface area contributed by atoms with Gasteiger partial charge in [0.15, 0.2) is 0 Å². The zero-order valence-corrected chi connectivity index (χ0v) is 6.44. The molecule has 0 heterocycles. The van der Waals surface area contributed by atoms with Crippen molar-refractivity contribution in [3.05, 3.63) is 0 Å². The molecule has 0 rings (SSSR count). The van der Waals surface area contributed by atoms with Crippen LogP contribution in [0.25, 0.3) is 0 Å². The van der Waals surface area contributed by atoms with Gasteiger partial charge in [0, 0.05) is 6.92 Å². The number of aliphatic carboxylic acids is 1. The van der Waals surface area contributed by atoms with Gasteiger partial charge >= 0.3 is 0 Å². The average molecular weight is 155 g/mol. The van der Waals surface area contributed by atoms with Crippen molar-refractivity contribution in [3.63, 3.8) is 0 Å². The fourth-order valence-electron chi connectivity index (χ4n) is 0. The minimum absolute atomic E-state index is 0.833. The second-order valence-electron chi connectivity index (χ2n) is 1.93. The van der Waals surface area contributed by atoms with E-state index in [1.54, 1.807) is 0 Å². The first-order valence-electron chi connectivity index (χ1n) is 2.34. The van der Waals surface area contributed by atoms with Crippen LogP contribution in [-0.2, 0) is 4.79 Å². The van der Waals surface area contributed by atoms with Gasteiger partial charge in [-0.25, -0.2) is 0 Å². The highest BCUT2D eigenvalue weighted by atomic mass is 35.5. The van der Waals surface area contributed by atoms with E-state index in [1.165, 1.54) is 13.8 Å². The van der Waals surface area contributed by atoms with Crippen molar-refractivity contribution < 1.29 is 15.0 Å². The zero-order valence-electron chi connectivity index (χ0n) is 5.68. The quantitative estimate of drug-likeness (QED) is 0.513. The van der Waals surface area contributed by atoms with Crippen LogP contribution >= 0.6 is 11.6 Å². The van der Waals surface area contributed by atoms with Gasteiger partial charge in [-0.15, -0.1) is 0 Å². The first-order chi connectivity index (χ1) is 3.73. The summed E-state index contributed by atoms with van der Waals surface area (Å²) >= 11 is 5.09. The van der Waals surface area contributed by atoms with Crippen molar-refractivity contribution in [2.24, 2.45) is 0 Å². The van der Waals surface area contributed by atoms with E-state index < -0.39 is 11.0 Å². The lowest BCUT2D eigenvalue weighted by atomic mass is 10.5. The SMILES string of the molecule is CC(=O)O.CC(C)(O)Cl. The number of carboxylic acid groups (broad SMARTS) is 1. The minimum atomic E-state index is -1.03. The van der Waals surface area contributed by atoms with Crippen LogP contribution in [0.3, 0.4) is 0 Å². The molecule has 0 spiro atoms. The van der Waals surface area contributed by atoms with E-state index in [-0.39, 0.29) is 0 Å². The fourth-order valence-corrected chi connectivity index (χ4v) is 0. The number of aliphatic hydroxyl groups is 1. The average Bonchev–Trinajstić information content (AvgIpc) is 1.19. The van der Waals surface area contributed by atoms with Gasteiger partial charge in [0.1, 0.15) is 5.06 Å². The second-order valence-corrected chi connectivity index (χ2v) is 2.85. The number of halogens is 1. The Labute approximate surface area is 59.3 Å². The Bertz CT molecular complexity index is 74.7. The maximum absolute atomic E-state index is 9.00. The van der Waals surface area contributed by atoms with Gasteiger partial charge in [0.2, 0.25) is 0 Å². The lowest BCUT2D eigenvalue weighted by molar-refractivity contribution is -0.134. The monoisotopic (exact) mass is 154 g/mol. The number of alkyl halides is 1. The second kappa shape index (κ2) is 4.58. The molecule has 4 heteroatoms. The van der Waals surface area contributed by atoms with Crippen LogP contribution in [0, 0.1) is 0 Å². The van der Waals surface area contributed by atoms with Crippen molar-refractivity contribution in [2.45, 2.75) is 25.8 Å². The summed E-state index contributed by atoms with van der Waals surface area (Å²) in [4.78, 5) is 9.00. The van der Waals surface area contributed by atoms with Gasteiger partial charge < -0.3 is 10.2 Å². The van der Waals surface area contributed by atoms with Gasteiger partial charge in [-0.3, -0.25) is 4.79 Å². The van der Waals surface area contributed by atoms with Crippen LogP contribution in [0.15, 0.2) is 0 Å². The summed E-state index contributed by atoms with van der Waals surface area (Å²) in [5.74, 6) is -0.833. The Hall–Kier alpha value is -0.280. The summed E-state index contributed by atoms with van der Waals surface area (Å²) in [6.45, 7) is 4.10. The van der Waals surface area contributed by atoms with E-state index in [0.29, 0.717) is 0 Å². The Morgan fingerprint density at radius 3 is 1.56 bits per heavy atom. The van der Waals surface area contributed by atoms with Gasteiger partial charge in [-0.2, -0.15) is 0 Å². The summed E-state index contributed by atoms with van der Waals surface area (Å²) in [6.07, 6.45) is 0. The fraction of sp³-hybridized carbons (Fsp3) is 0.800. The van der Waals surface area contributed by atoms with Gasteiger partial charge in [0.05, 0.1) is 0 Å². The number of carbonyl (C=O) groups is 1. The lowest BCUT2D eigenvalue weighted by Crippen LogP contribution is -2.05. The molecule has 0 aliphatic carbocycles. The number of carboxylic acids is 1. The predicted molar refractivity (Wildman–Crippen MR) is 35.5 cm³/mol. The third-order valence-electron chi connectivity index (χ3n) is 0. The Kier molecular flexibility index (Phi) is 5.86. The molecule has 0 saturated carbocycles. The standard InChI is InChI=1S/C3H7ClO.C2H4O2/c1-3(2,4)5;1-2(3)4/h5H,1-2H3;1H3,(H,3,4). The molecule has 2 N–H and O–H groups in total. The molecule has 0 aromatic rings. The van der Waals surface area contributed by atoms with Crippen molar-refractivity contribution in [1.29, 1.82) is 0 Å². The minimum Gasteiger partial charge on any atom is -0.481 e. The van der Waals surface area contributed by atoms with Crippen LogP contribution in [0.4, 0.5) is 0 Å². The molecule has 3 nitrogen and oxygen atoms in total. The van der Waals surface area contributed by atoms with Crippen LogP contribution in [0.1, 0.15) is 20.8 Å². The van der Waals surface area contributed by atoms with Crippen molar-refractivity contribution in [2.75, 3.05) is 0 Å². The molecule has 0 bridgehead atoms. The van der Waals surface area contributed by atoms with Crippen molar-refractivity contribution in [3.8, 4) is 0 Å². The molecule has 0 unspecified atom stereocenters. The van der Waals surface area contributed by atoms with E-state index in [9.17, 15) is 0 Å². The van der Waals surface area contributed by atoms with E-state index >= 15 is 0 Å². The number of hydrogen-bond acceptors (Lipinski definition) is 2. The maximum Gasteiger partial charge on any atom is 0.300 e. The van der Waals surface area contributed by atoms with Crippen LogP contribution in [0.2, 0.25) is 0 Å². The molecule has 0 atom stereocenters. The molecule has 0 fully saturated rings. The summed E-state index contributed by atoms with van der Waals surface area (Å²) in [7, 11) is 0. The molecular formula is C5H11ClO3. The normalized spacial score (nSPS) is 9.44. The molecule has 0 aliphatic heterocycles. The largest absolute Gasteiger partial charge is 0.481 e. The first kappa shape index (κ1) is 11.5. The highest BCUT2D eigenvalue weighted by Crippen LogP contribution is 2.03. The first-order valence-corrected chi connectivity index (χ1v) is 2.72. The molecule has 0 amide bonds. The molecule has 0 saturated heterocycles. The Balaban J connectivity index is 0. The third-order valence-corrected chi connectivity index (χ3v) is 0. The van der Waals surface area contributed by atoms with E-state index in [1.807, 2.05) is 0 Å². The maximum atomic E-state index is 9.00. The third kappa shape index (κ3) is 3220. The lowest BCUT2D eigenvalue weighted by Gasteiger charge is -2.01. The number of hydrogen-bond donors (Lipinski definition) is 2. The van der Waals surface area contributed by atoms with Crippen LogP contribution < -0.4 is 0 Å². The van der Waals surface area contributed by atoms with Crippen molar-refractivity contribution in [1.82, 2.24) is 0 Å². The smallest absolute Gasteiger partial charge is 0.300 e. The molecule has 9 heavy (non-hydrogen) atoms. The summed E-state index contributed by atoms with van der Waals surface area (Å²) in [6, 6.07) is 0. The summed E-state index contributed by atoms with van der Waals surface area (Å²) in [5.41, 5.74) is 0. The topological polar surface area (TPSA) is 57.5 Å². The van der Waals surface area contributed by atoms with Crippen LogP contribution in [0.5, 0.6) is 0 Å². The van der Waals surface area contributed by atoms with Crippen molar-refractivity contribution >= 4 is 17.6 Å². The van der Waals surface area contributed by atoms with Gasteiger partial charge in [0.25, 0.3) is 5.97 Å². The summed E-state index contributed by atoms with van der Waals surface area (Å²) < 4.78 is 0.